The number of hydrogen-bond donors (Lipinski definition) is 1. The van der Waals surface area contributed by atoms with Gasteiger partial charge in [0, 0.05) is 5.56 Å². The molecule has 0 aliphatic carbocycles. The molecule has 100 valence electrons. The van der Waals surface area contributed by atoms with Crippen molar-refractivity contribution < 1.29 is 18.3 Å². The monoisotopic (exact) mass is 266 g/mol. The van der Waals surface area contributed by atoms with E-state index in [2.05, 4.69) is 0 Å². The topological polar surface area (TPSA) is 20.2 Å². The second kappa shape index (κ2) is 4.70. The van der Waals surface area contributed by atoms with Crippen molar-refractivity contribution >= 4 is 0 Å². The lowest BCUT2D eigenvalue weighted by Gasteiger charge is -2.26. The van der Waals surface area contributed by atoms with Crippen LogP contribution in [0.25, 0.3) is 0 Å². The molecule has 0 fully saturated rings. The first kappa shape index (κ1) is 13.6. The van der Waals surface area contributed by atoms with Crippen LogP contribution in [-0.4, -0.2) is 5.11 Å². The van der Waals surface area contributed by atoms with Crippen molar-refractivity contribution in [2.45, 2.75) is 19.4 Å². The summed E-state index contributed by atoms with van der Waals surface area (Å²) in [4.78, 5) is 0. The third kappa shape index (κ3) is 2.24. The minimum atomic E-state index is -1.73. The third-order valence-electron chi connectivity index (χ3n) is 3.23. The minimum absolute atomic E-state index is 0.291. The van der Waals surface area contributed by atoms with Crippen molar-refractivity contribution in [3.05, 3.63) is 70.5 Å². The molecule has 1 N–H and O–H groups in total. The highest BCUT2D eigenvalue weighted by Gasteiger charge is 2.32. The summed E-state index contributed by atoms with van der Waals surface area (Å²) in [5, 5.41) is 10.5. The van der Waals surface area contributed by atoms with Crippen molar-refractivity contribution in [2.75, 3.05) is 0 Å². The van der Waals surface area contributed by atoms with Gasteiger partial charge in [-0.15, -0.1) is 0 Å². The first-order chi connectivity index (χ1) is 8.85. The molecule has 1 nitrogen and oxygen atoms in total. The van der Waals surface area contributed by atoms with Crippen LogP contribution in [0.2, 0.25) is 0 Å². The average molecular weight is 266 g/mol. The predicted molar refractivity (Wildman–Crippen MR) is 66.2 cm³/mol. The molecule has 0 spiro atoms. The van der Waals surface area contributed by atoms with E-state index in [4.69, 9.17) is 0 Å². The molecular weight excluding hydrogens is 253 g/mol. The maximum Gasteiger partial charge on any atom is 0.194 e. The standard InChI is InChI=1S/C15H13F3O/c1-9-5-3-4-6-10(9)15(2,19)11-7-8-12(16)14(18)13(11)17/h3-8,19H,1-2H3. The molecule has 19 heavy (non-hydrogen) atoms. The molecule has 1 unspecified atom stereocenters. The van der Waals surface area contributed by atoms with Gasteiger partial charge in [0.15, 0.2) is 17.5 Å². The highest BCUT2D eigenvalue weighted by molar-refractivity contribution is 5.40. The zero-order valence-corrected chi connectivity index (χ0v) is 10.5. The molecule has 0 saturated heterocycles. The molecule has 1 atom stereocenters. The molecule has 0 aliphatic heterocycles. The van der Waals surface area contributed by atoms with Gasteiger partial charge in [0.25, 0.3) is 0 Å². The van der Waals surface area contributed by atoms with Gasteiger partial charge in [-0.2, -0.15) is 0 Å². The molecule has 0 saturated carbocycles. The molecule has 2 aromatic rings. The maximum atomic E-state index is 13.8. The summed E-state index contributed by atoms with van der Waals surface area (Å²) in [7, 11) is 0. The van der Waals surface area contributed by atoms with Crippen LogP contribution in [0.1, 0.15) is 23.6 Å². The fourth-order valence-electron chi connectivity index (χ4n) is 2.17. The highest BCUT2D eigenvalue weighted by atomic mass is 19.2. The highest BCUT2D eigenvalue weighted by Crippen LogP contribution is 2.33. The summed E-state index contributed by atoms with van der Waals surface area (Å²) in [5.74, 6) is -4.22. The van der Waals surface area contributed by atoms with Crippen LogP contribution in [0.5, 0.6) is 0 Å². The molecule has 4 heteroatoms. The van der Waals surface area contributed by atoms with Crippen LogP contribution in [0.15, 0.2) is 36.4 Å². The van der Waals surface area contributed by atoms with E-state index in [1.165, 1.54) is 6.92 Å². The predicted octanol–water partition coefficient (Wildman–Crippen LogP) is 3.67. The molecule has 0 aromatic heterocycles. The van der Waals surface area contributed by atoms with Crippen LogP contribution in [0.3, 0.4) is 0 Å². The largest absolute Gasteiger partial charge is 0.381 e. The van der Waals surface area contributed by atoms with E-state index < -0.39 is 23.1 Å². The van der Waals surface area contributed by atoms with Crippen LogP contribution in [-0.2, 0) is 5.60 Å². The van der Waals surface area contributed by atoms with Gasteiger partial charge in [0.2, 0.25) is 0 Å². The third-order valence-corrected chi connectivity index (χ3v) is 3.23. The van der Waals surface area contributed by atoms with Gasteiger partial charge in [-0.3, -0.25) is 0 Å². The summed E-state index contributed by atoms with van der Waals surface area (Å²) in [6, 6.07) is 8.70. The summed E-state index contributed by atoms with van der Waals surface area (Å²) < 4.78 is 40.0. The van der Waals surface area contributed by atoms with Gasteiger partial charge in [-0.25, -0.2) is 13.2 Å². The van der Waals surface area contributed by atoms with Gasteiger partial charge >= 0.3 is 0 Å². The second-order valence-electron chi connectivity index (χ2n) is 4.61. The molecule has 2 rings (SSSR count). The van der Waals surface area contributed by atoms with E-state index in [1.54, 1.807) is 31.2 Å². The van der Waals surface area contributed by atoms with E-state index in [0.29, 0.717) is 5.56 Å². The van der Waals surface area contributed by atoms with Crippen molar-refractivity contribution in [1.82, 2.24) is 0 Å². The van der Waals surface area contributed by atoms with Crippen LogP contribution in [0.4, 0.5) is 13.2 Å². The first-order valence-corrected chi connectivity index (χ1v) is 5.78. The Morgan fingerprint density at radius 1 is 0.895 bits per heavy atom. The van der Waals surface area contributed by atoms with Crippen molar-refractivity contribution in [3.63, 3.8) is 0 Å². The summed E-state index contributed by atoms with van der Waals surface area (Å²) >= 11 is 0. The first-order valence-electron chi connectivity index (χ1n) is 5.78. The molecular formula is C15H13F3O. The van der Waals surface area contributed by atoms with E-state index in [-0.39, 0.29) is 5.56 Å². The van der Waals surface area contributed by atoms with Crippen molar-refractivity contribution in [2.24, 2.45) is 0 Å². The molecule has 0 amide bonds. The minimum Gasteiger partial charge on any atom is -0.381 e. The van der Waals surface area contributed by atoms with Crippen molar-refractivity contribution in [1.29, 1.82) is 0 Å². The summed E-state index contributed by atoms with van der Waals surface area (Å²) in [6.07, 6.45) is 0. The van der Waals surface area contributed by atoms with Gasteiger partial charge in [0.1, 0.15) is 5.60 Å². The van der Waals surface area contributed by atoms with Gasteiger partial charge in [0.05, 0.1) is 0 Å². The Kier molecular flexibility index (Phi) is 3.37. The number of rotatable bonds is 2. The summed E-state index contributed by atoms with van der Waals surface area (Å²) in [6.45, 7) is 3.10. The van der Waals surface area contributed by atoms with Crippen LogP contribution < -0.4 is 0 Å². The fraction of sp³-hybridized carbons (Fsp3) is 0.200. The zero-order chi connectivity index (χ0) is 14.2. The fourth-order valence-corrected chi connectivity index (χ4v) is 2.17. The molecule has 0 radical (unpaired) electrons. The van der Waals surface area contributed by atoms with Crippen molar-refractivity contribution in [3.8, 4) is 0 Å². The number of benzene rings is 2. The molecule has 2 aromatic carbocycles. The lowest BCUT2D eigenvalue weighted by Crippen LogP contribution is -2.26. The van der Waals surface area contributed by atoms with E-state index in [1.807, 2.05) is 0 Å². The number of aryl methyl sites for hydroxylation is 1. The van der Waals surface area contributed by atoms with E-state index >= 15 is 0 Å². The number of aliphatic hydroxyl groups is 1. The van der Waals surface area contributed by atoms with E-state index in [9.17, 15) is 18.3 Å². The Morgan fingerprint density at radius 3 is 2.16 bits per heavy atom. The number of halogens is 3. The molecule has 0 heterocycles. The Balaban J connectivity index is 2.64. The second-order valence-corrected chi connectivity index (χ2v) is 4.61. The van der Waals surface area contributed by atoms with Crippen LogP contribution in [0, 0.1) is 24.4 Å². The Hall–Kier alpha value is -1.81. The van der Waals surface area contributed by atoms with Gasteiger partial charge in [-0.1, -0.05) is 24.3 Å². The lowest BCUT2D eigenvalue weighted by molar-refractivity contribution is 0.0960. The summed E-state index contributed by atoms with van der Waals surface area (Å²) in [5.41, 5.74) is -0.846. The van der Waals surface area contributed by atoms with Gasteiger partial charge < -0.3 is 5.11 Å². The average Bonchev–Trinajstić information content (AvgIpc) is 2.36. The Morgan fingerprint density at radius 2 is 1.53 bits per heavy atom. The Labute approximate surface area is 109 Å². The zero-order valence-electron chi connectivity index (χ0n) is 10.5. The smallest absolute Gasteiger partial charge is 0.194 e. The molecule has 0 aliphatic rings. The maximum absolute atomic E-state index is 13.8. The molecule has 0 bridgehead atoms. The normalized spacial score (nSPS) is 14.2. The van der Waals surface area contributed by atoms with Gasteiger partial charge in [-0.05, 0) is 37.1 Å². The lowest BCUT2D eigenvalue weighted by atomic mass is 9.85. The number of hydrogen-bond acceptors (Lipinski definition) is 1. The quantitative estimate of drug-likeness (QED) is 0.822. The SMILES string of the molecule is Cc1ccccc1C(C)(O)c1ccc(F)c(F)c1F. The Bertz CT molecular complexity index is 621. The van der Waals surface area contributed by atoms with Crippen LogP contribution >= 0.6 is 0 Å². The van der Waals surface area contributed by atoms with E-state index in [0.717, 1.165) is 17.7 Å².